The van der Waals surface area contributed by atoms with E-state index >= 15 is 0 Å². The molecular weight excluding hydrogens is 214 g/mol. The van der Waals surface area contributed by atoms with Gasteiger partial charge in [-0.15, -0.1) is 0 Å². The normalized spacial score (nSPS) is 23.1. The number of unbranched alkanes of at least 4 members (excludes halogenated alkanes) is 1. The van der Waals surface area contributed by atoms with Crippen LogP contribution in [-0.4, -0.2) is 44.9 Å². The average molecular weight is 233 g/mol. The molecule has 2 unspecified atom stereocenters. The van der Waals surface area contributed by atoms with Crippen LogP contribution >= 0.6 is 0 Å². The number of rotatable bonds is 9. The molecular formula is C10H19NO5. The van der Waals surface area contributed by atoms with Crippen molar-refractivity contribution in [3.8, 4) is 0 Å². The van der Waals surface area contributed by atoms with E-state index in [0.29, 0.717) is 19.8 Å². The van der Waals surface area contributed by atoms with Crippen molar-refractivity contribution < 1.29 is 23.7 Å². The summed E-state index contributed by atoms with van der Waals surface area (Å²) in [5.74, 6) is 0. The molecule has 1 aliphatic rings. The third-order valence-corrected chi connectivity index (χ3v) is 2.09. The molecule has 1 aliphatic heterocycles. The van der Waals surface area contributed by atoms with Gasteiger partial charge in [0.1, 0.15) is 12.7 Å². The lowest BCUT2D eigenvalue weighted by molar-refractivity contribution is 0.0390. The van der Waals surface area contributed by atoms with Crippen LogP contribution in [0.15, 0.2) is 0 Å². The fourth-order valence-corrected chi connectivity index (χ4v) is 1.15. The molecule has 0 bridgehead atoms. The molecule has 0 spiro atoms. The molecule has 16 heavy (non-hydrogen) atoms. The largest absolute Gasteiger partial charge is 0.447 e. The van der Waals surface area contributed by atoms with Crippen molar-refractivity contribution in [2.75, 3.05) is 26.4 Å². The standard InChI is InChI=1S/C10H19NO5/c1-8-9(16-8)14-5-3-2-4-13-6-7-15-10(11)12/h8-9H,2-7H2,1H3,(H2,11,12). The van der Waals surface area contributed by atoms with Crippen LogP contribution < -0.4 is 5.73 Å². The number of carbonyl (C=O) groups is 1. The van der Waals surface area contributed by atoms with Gasteiger partial charge in [0.2, 0.25) is 0 Å². The van der Waals surface area contributed by atoms with Crippen molar-refractivity contribution in [1.29, 1.82) is 0 Å². The molecule has 2 N–H and O–H groups in total. The molecule has 2 atom stereocenters. The maximum absolute atomic E-state index is 10.2. The van der Waals surface area contributed by atoms with Gasteiger partial charge < -0.3 is 24.7 Å². The molecule has 1 rings (SSSR count). The maximum atomic E-state index is 10.2. The van der Waals surface area contributed by atoms with E-state index in [2.05, 4.69) is 4.74 Å². The Balaban J connectivity index is 1.70. The first-order valence-electron chi connectivity index (χ1n) is 5.47. The monoisotopic (exact) mass is 233 g/mol. The van der Waals surface area contributed by atoms with Crippen LogP contribution in [0.25, 0.3) is 0 Å². The van der Waals surface area contributed by atoms with Crippen molar-refractivity contribution in [3.05, 3.63) is 0 Å². The number of nitrogens with two attached hydrogens (primary N) is 1. The molecule has 94 valence electrons. The number of ether oxygens (including phenoxy) is 4. The second kappa shape index (κ2) is 7.43. The molecule has 1 saturated heterocycles. The topological polar surface area (TPSA) is 83.3 Å². The third kappa shape index (κ3) is 6.60. The van der Waals surface area contributed by atoms with Gasteiger partial charge in [-0.25, -0.2) is 4.79 Å². The highest BCUT2D eigenvalue weighted by molar-refractivity contribution is 5.64. The summed E-state index contributed by atoms with van der Waals surface area (Å²) in [5, 5.41) is 0. The van der Waals surface area contributed by atoms with Crippen molar-refractivity contribution in [3.63, 3.8) is 0 Å². The summed E-state index contributed by atoms with van der Waals surface area (Å²) in [7, 11) is 0. The summed E-state index contributed by atoms with van der Waals surface area (Å²) < 4.78 is 20.1. The van der Waals surface area contributed by atoms with E-state index in [1.54, 1.807) is 0 Å². The smallest absolute Gasteiger partial charge is 0.404 e. The number of hydrogen-bond acceptors (Lipinski definition) is 5. The van der Waals surface area contributed by atoms with Crippen LogP contribution in [0.5, 0.6) is 0 Å². The molecule has 1 fully saturated rings. The minimum atomic E-state index is -0.768. The molecule has 1 amide bonds. The van der Waals surface area contributed by atoms with E-state index in [1.165, 1.54) is 0 Å². The van der Waals surface area contributed by atoms with Gasteiger partial charge in [0.25, 0.3) is 0 Å². The highest BCUT2D eigenvalue weighted by Gasteiger charge is 2.34. The highest BCUT2D eigenvalue weighted by Crippen LogP contribution is 2.21. The van der Waals surface area contributed by atoms with Gasteiger partial charge in [-0.05, 0) is 19.8 Å². The predicted octanol–water partition coefficient (Wildman–Crippen LogP) is 0.640. The summed E-state index contributed by atoms with van der Waals surface area (Å²) in [6.07, 6.45) is 1.34. The zero-order valence-electron chi connectivity index (χ0n) is 9.52. The number of carbonyl (C=O) groups excluding carboxylic acids is 1. The summed E-state index contributed by atoms with van der Waals surface area (Å²) in [4.78, 5) is 10.2. The Morgan fingerprint density at radius 1 is 1.25 bits per heavy atom. The zero-order chi connectivity index (χ0) is 11.8. The molecule has 0 aromatic carbocycles. The van der Waals surface area contributed by atoms with Crippen LogP contribution in [-0.2, 0) is 18.9 Å². The summed E-state index contributed by atoms with van der Waals surface area (Å²) in [6, 6.07) is 0. The lowest BCUT2D eigenvalue weighted by Crippen LogP contribution is -2.16. The maximum Gasteiger partial charge on any atom is 0.404 e. The van der Waals surface area contributed by atoms with E-state index < -0.39 is 6.09 Å². The molecule has 1 heterocycles. The van der Waals surface area contributed by atoms with Crippen molar-refractivity contribution in [1.82, 2.24) is 0 Å². The first-order chi connectivity index (χ1) is 7.70. The summed E-state index contributed by atoms with van der Waals surface area (Å²) in [6.45, 7) is 3.89. The Hall–Kier alpha value is -0.850. The van der Waals surface area contributed by atoms with Gasteiger partial charge >= 0.3 is 6.09 Å². The summed E-state index contributed by atoms with van der Waals surface area (Å²) in [5.41, 5.74) is 4.77. The van der Waals surface area contributed by atoms with Gasteiger partial charge in [0.05, 0.1) is 6.61 Å². The van der Waals surface area contributed by atoms with Gasteiger partial charge in [-0.3, -0.25) is 0 Å². The Morgan fingerprint density at radius 2 is 1.94 bits per heavy atom. The van der Waals surface area contributed by atoms with Crippen LogP contribution in [0, 0.1) is 0 Å². The first kappa shape index (κ1) is 13.2. The minimum Gasteiger partial charge on any atom is -0.447 e. The fourth-order valence-electron chi connectivity index (χ4n) is 1.15. The predicted molar refractivity (Wildman–Crippen MR) is 55.9 cm³/mol. The molecule has 0 aromatic heterocycles. The molecule has 0 aromatic rings. The Bertz CT molecular complexity index is 211. The van der Waals surface area contributed by atoms with Gasteiger partial charge in [0.15, 0.2) is 6.29 Å². The molecule has 0 saturated carbocycles. The Labute approximate surface area is 95.0 Å². The number of primary amides is 1. The second-order valence-corrected chi connectivity index (χ2v) is 3.57. The van der Waals surface area contributed by atoms with E-state index in [4.69, 9.17) is 19.9 Å². The van der Waals surface area contributed by atoms with Crippen molar-refractivity contribution in [2.45, 2.75) is 32.2 Å². The third-order valence-electron chi connectivity index (χ3n) is 2.09. The quantitative estimate of drug-likeness (QED) is 0.466. The van der Waals surface area contributed by atoms with Crippen LogP contribution in [0.3, 0.4) is 0 Å². The van der Waals surface area contributed by atoms with Gasteiger partial charge in [-0.2, -0.15) is 0 Å². The van der Waals surface area contributed by atoms with E-state index in [9.17, 15) is 4.79 Å². The van der Waals surface area contributed by atoms with Crippen LogP contribution in [0.4, 0.5) is 4.79 Å². The number of hydrogen-bond donors (Lipinski definition) is 1. The van der Waals surface area contributed by atoms with E-state index in [1.807, 2.05) is 6.92 Å². The Morgan fingerprint density at radius 3 is 2.56 bits per heavy atom. The average Bonchev–Trinajstić information content (AvgIpc) is 2.92. The molecule has 6 heteroatoms. The SMILES string of the molecule is CC1OC1OCCCCOCCOC(N)=O. The number of amides is 1. The molecule has 0 radical (unpaired) electrons. The first-order valence-corrected chi connectivity index (χ1v) is 5.47. The fraction of sp³-hybridized carbons (Fsp3) is 0.900. The lowest BCUT2D eigenvalue weighted by Gasteiger charge is -2.04. The van der Waals surface area contributed by atoms with Crippen LogP contribution in [0.1, 0.15) is 19.8 Å². The number of epoxide rings is 1. The highest BCUT2D eigenvalue weighted by atomic mass is 16.8. The van der Waals surface area contributed by atoms with Crippen molar-refractivity contribution in [2.24, 2.45) is 5.73 Å². The molecule has 6 nitrogen and oxygen atoms in total. The summed E-state index contributed by atoms with van der Waals surface area (Å²) >= 11 is 0. The van der Waals surface area contributed by atoms with Crippen molar-refractivity contribution >= 4 is 6.09 Å². The van der Waals surface area contributed by atoms with Gasteiger partial charge in [0, 0.05) is 13.2 Å². The molecule has 0 aliphatic carbocycles. The van der Waals surface area contributed by atoms with Crippen LogP contribution in [0.2, 0.25) is 0 Å². The van der Waals surface area contributed by atoms with E-state index in [0.717, 1.165) is 12.8 Å². The minimum absolute atomic E-state index is 0.00452. The zero-order valence-corrected chi connectivity index (χ0v) is 9.52. The second-order valence-electron chi connectivity index (χ2n) is 3.57. The van der Waals surface area contributed by atoms with Gasteiger partial charge in [-0.1, -0.05) is 0 Å². The van der Waals surface area contributed by atoms with E-state index in [-0.39, 0.29) is 19.0 Å². The lowest BCUT2D eigenvalue weighted by atomic mass is 10.3. The Kier molecular flexibility index (Phi) is 6.14.